The molecule has 0 bridgehead atoms. The van der Waals surface area contributed by atoms with Gasteiger partial charge in [0.25, 0.3) is 0 Å². The number of carboxylic acids is 1. The van der Waals surface area contributed by atoms with Crippen LogP contribution in [-0.4, -0.2) is 40.5 Å². The Balaban J connectivity index is 1.27. The van der Waals surface area contributed by atoms with Gasteiger partial charge < -0.3 is 20.5 Å². The first-order valence-electron chi connectivity index (χ1n) is 19.0. The number of ketones is 1. The van der Waals surface area contributed by atoms with Crippen LogP contribution in [0.5, 0.6) is 0 Å². The summed E-state index contributed by atoms with van der Waals surface area (Å²) in [6.45, 7) is 20.0. The maximum Gasteiger partial charge on any atom is 0.315 e. The molecule has 5 aliphatic rings. The zero-order valence-corrected chi connectivity index (χ0v) is 32.6. The lowest BCUT2D eigenvalue weighted by Crippen LogP contribution is -2.67. The number of esters is 1. The van der Waals surface area contributed by atoms with Crippen molar-refractivity contribution < 1.29 is 29.0 Å². The van der Waals surface area contributed by atoms with Crippen LogP contribution in [0.15, 0.2) is 28.0 Å². The Morgan fingerprint density at radius 2 is 1.70 bits per heavy atom. The summed E-state index contributed by atoms with van der Waals surface area (Å²) in [6.07, 6.45) is 7.62. The molecule has 9 heteroatoms. The third-order valence-electron chi connectivity index (χ3n) is 15.2. The van der Waals surface area contributed by atoms with Crippen LogP contribution in [0.4, 0.5) is 4.79 Å². The molecule has 276 valence electrons. The van der Waals surface area contributed by atoms with Crippen molar-refractivity contribution >= 4 is 35.1 Å². The fourth-order valence-corrected chi connectivity index (χ4v) is 13.1. The third kappa shape index (κ3) is 5.67. The molecule has 1 heterocycles. The Kier molecular flexibility index (Phi) is 9.26. The van der Waals surface area contributed by atoms with Gasteiger partial charge in [-0.25, -0.2) is 4.79 Å². The predicted octanol–water partition coefficient (Wildman–Crippen LogP) is 8.69. The zero-order chi connectivity index (χ0) is 36.7. The van der Waals surface area contributed by atoms with Crippen LogP contribution >= 0.6 is 11.3 Å². The molecule has 0 unspecified atom stereocenters. The molecular weight excluding hydrogens is 649 g/mol. The fourth-order valence-electron chi connectivity index (χ4n) is 12.4. The topological polar surface area (TPSA) is 122 Å². The van der Waals surface area contributed by atoms with Gasteiger partial charge in [0.05, 0.1) is 17.4 Å². The van der Waals surface area contributed by atoms with E-state index >= 15 is 0 Å². The van der Waals surface area contributed by atoms with Gasteiger partial charge in [0.1, 0.15) is 6.10 Å². The summed E-state index contributed by atoms with van der Waals surface area (Å²) >= 11 is 1.62. The van der Waals surface area contributed by atoms with Crippen LogP contribution in [-0.2, 0) is 25.7 Å². The highest BCUT2D eigenvalue weighted by molar-refractivity contribution is 7.07. The molecule has 5 aliphatic carbocycles. The average molecular weight is 709 g/mol. The molecule has 0 saturated heterocycles. The van der Waals surface area contributed by atoms with E-state index in [9.17, 15) is 24.3 Å². The third-order valence-corrected chi connectivity index (χ3v) is 15.9. The Morgan fingerprint density at radius 3 is 2.34 bits per heavy atom. The molecule has 3 N–H and O–H groups in total. The Hall–Kier alpha value is -2.68. The highest BCUT2D eigenvalue weighted by Crippen LogP contribution is 2.76. The summed E-state index contributed by atoms with van der Waals surface area (Å²) < 4.78 is 6.15. The second-order valence-corrected chi connectivity index (χ2v) is 19.7. The van der Waals surface area contributed by atoms with E-state index in [2.05, 4.69) is 59.1 Å². The molecule has 4 saturated carbocycles. The van der Waals surface area contributed by atoms with Gasteiger partial charge in [-0.1, -0.05) is 48.5 Å². The molecule has 50 heavy (non-hydrogen) atoms. The van der Waals surface area contributed by atoms with Crippen LogP contribution in [0.1, 0.15) is 132 Å². The summed E-state index contributed by atoms with van der Waals surface area (Å²) in [6, 6.07) is 1.82. The quantitative estimate of drug-likeness (QED) is 0.232. The Labute approximate surface area is 303 Å². The summed E-state index contributed by atoms with van der Waals surface area (Å²) in [5, 5.41) is 20.1. The van der Waals surface area contributed by atoms with Gasteiger partial charge in [-0.15, -0.1) is 0 Å². The second-order valence-electron chi connectivity index (χ2n) is 18.9. The molecule has 4 fully saturated rings. The van der Waals surface area contributed by atoms with Gasteiger partial charge in [-0.2, -0.15) is 11.3 Å². The minimum Gasteiger partial charge on any atom is -0.481 e. The normalized spacial score (nSPS) is 37.7. The number of thiophene rings is 1. The van der Waals surface area contributed by atoms with Crippen molar-refractivity contribution in [3.63, 3.8) is 0 Å². The number of amides is 2. The minimum atomic E-state index is -1.17. The number of fused-ring (bicyclic) bond motifs is 7. The van der Waals surface area contributed by atoms with E-state index in [1.807, 2.05) is 16.8 Å². The van der Waals surface area contributed by atoms with Crippen molar-refractivity contribution in [1.29, 1.82) is 0 Å². The molecule has 6 rings (SSSR count). The van der Waals surface area contributed by atoms with E-state index in [1.165, 1.54) is 5.57 Å². The van der Waals surface area contributed by atoms with Crippen molar-refractivity contribution in [1.82, 2.24) is 10.6 Å². The number of rotatable bonds is 8. The lowest BCUT2D eigenvalue weighted by Gasteiger charge is -2.72. The number of hydrogen-bond donors (Lipinski definition) is 3. The first kappa shape index (κ1) is 37.1. The largest absolute Gasteiger partial charge is 0.481 e. The van der Waals surface area contributed by atoms with Crippen molar-refractivity contribution in [2.75, 3.05) is 0 Å². The molecule has 1 aromatic heterocycles. The lowest BCUT2D eigenvalue weighted by molar-refractivity contribution is -0.232. The second kappa shape index (κ2) is 12.5. The first-order valence-corrected chi connectivity index (χ1v) is 19.9. The van der Waals surface area contributed by atoms with Gasteiger partial charge >= 0.3 is 18.0 Å². The number of carboxylic acid groups (broad SMARTS) is 1. The highest BCUT2D eigenvalue weighted by Gasteiger charge is 2.70. The van der Waals surface area contributed by atoms with Crippen LogP contribution in [0.2, 0.25) is 0 Å². The van der Waals surface area contributed by atoms with Gasteiger partial charge in [-0.05, 0) is 139 Å². The van der Waals surface area contributed by atoms with Crippen molar-refractivity contribution in [2.24, 2.45) is 50.7 Å². The van der Waals surface area contributed by atoms with Gasteiger partial charge in [0, 0.05) is 18.4 Å². The van der Waals surface area contributed by atoms with Crippen molar-refractivity contribution in [3.8, 4) is 0 Å². The van der Waals surface area contributed by atoms with E-state index in [4.69, 9.17) is 4.74 Å². The average Bonchev–Trinajstić information content (AvgIpc) is 3.63. The number of carbonyl (C=O) groups excluding carboxylic acids is 3. The molecule has 0 radical (unpaired) electrons. The molecule has 8 nitrogen and oxygen atoms in total. The SMILES string of the molecule is CC(C)C1=C2[C@H]3CC[C@@H]4[C@@]5(C)CC[C@H](OC(=O)CC(C)(C)C(=O)O)C(C)(C)[C@@H]5CC[C@@]4(C)[C@]3(C)CC[C@@]2(NC(=O)NCc2ccsc2)CC1=O. The number of aliphatic carboxylic acids is 1. The molecular formula is C41H60N2O6S. The predicted molar refractivity (Wildman–Crippen MR) is 195 cm³/mol. The van der Waals surface area contributed by atoms with Crippen LogP contribution in [0, 0.1) is 50.7 Å². The smallest absolute Gasteiger partial charge is 0.315 e. The van der Waals surface area contributed by atoms with Crippen molar-refractivity contribution in [2.45, 2.75) is 145 Å². The maximum absolute atomic E-state index is 13.9. The minimum absolute atomic E-state index is 0.0296. The van der Waals surface area contributed by atoms with Crippen LogP contribution < -0.4 is 10.6 Å². The number of ether oxygens (including phenoxy) is 1. The highest BCUT2D eigenvalue weighted by atomic mass is 32.1. The number of nitrogens with one attached hydrogen (secondary N) is 2. The number of allylic oxidation sites excluding steroid dienone is 1. The van der Waals surface area contributed by atoms with E-state index in [0.29, 0.717) is 24.8 Å². The molecule has 1 aromatic rings. The van der Waals surface area contributed by atoms with Crippen molar-refractivity contribution in [3.05, 3.63) is 33.5 Å². The zero-order valence-electron chi connectivity index (χ0n) is 31.8. The lowest BCUT2D eigenvalue weighted by atomic mass is 9.33. The van der Waals surface area contributed by atoms with Gasteiger partial charge in [0.2, 0.25) is 0 Å². The van der Waals surface area contributed by atoms with E-state index < -0.39 is 22.9 Å². The van der Waals surface area contributed by atoms with Gasteiger partial charge in [-0.3, -0.25) is 14.4 Å². The number of carbonyl (C=O) groups is 4. The van der Waals surface area contributed by atoms with E-state index in [-0.39, 0.29) is 57.8 Å². The molecule has 2 amide bonds. The summed E-state index contributed by atoms with van der Waals surface area (Å²) in [5.41, 5.74) is 1.28. The Bertz CT molecular complexity index is 1580. The maximum atomic E-state index is 13.9. The number of hydrogen-bond acceptors (Lipinski definition) is 6. The van der Waals surface area contributed by atoms with Crippen LogP contribution in [0.3, 0.4) is 0 Å². The first-order chi connectivity index (χ1) is 23.2. The number of Topliss-reactive ketones (excluding diaryl/α,β-unsaturated/α-hetero) is 1. The summed E-state index contributed by atoms with van der Waals surface area (Å²) in [4.78, 5) is 52.2. The van der Waals surface area contributed by atoms with Gasteiger partial charge in [0.15, 0.2) is 5.78 Å². The summed E-state index contributed by atoms with van der Waals surface area (Å²) in [5.74, 6) is -0.0627. The fraction of sp³-hybridized carbons (Fsp3) is 0.756. The summed E-state index contributed by atoms with van der Waals surface area (Å²) in [7, 11) is 0. The van der Waals surface area contributed by atoms with E-state index in [0.717, 1.165) is 62.5 Å². The Morgan fingerprint density at radius 1 is 0.980 bits per heavy atom. The van der Waals surface area contributed by atoms with Crippen LogP contribution in [0.25, 0.3) is 0 Å². The molecule has 0 aliphatic heterocycles. The number of urea groups is 1. The molecule has 8 atom stereocenters. The molecule has 0 spiro atoms. The molecule has 0 aromatic carbocycles. The standard InChI is InChI=1S/C41H60N2O6S/c1-24(2)32-27(44)20-41(43-35(48)42-22-25-14-19-50-23-25)18-17-39(8)26(33(32)41)10-11-29-38(7)15-13-30(49-31(45)21-36(3,4)34(46)47)37(5,6)28(38)12-16-40(29,39)9/h14,19,23-24,26,28-30H,10-13,15-18,20-22H2,1-9H3,(H,46,47)(H2,42,43,48)/t26-,28+,29-,30+,38+,39-,40-,41-/m1/s1. The van der Waals surface area contributed by atoms with E-state index in [1.54, 1.807) is 25.2 Å². The monoisotopic (exact) mass is 708 g/mol.